The number of aromatic hydroxyl groups is 1. The van der Waals surface area contributed by atoms with E-state index in [1.165, 1.54) is 0 Å². The Bertz CT molecular complexity index is 663. The fraction of sp³-hybridized carbons (Fsp3) is 0.235. The van der Waals surface area contributed by atoms with Gasteiger partial charge in [0.15, 0.2) is 0 Å². The minimum absolute atomic E-state index is 0.0756. The highest BCUT2D eigenvalue weighted by atomic mass is 35.5. The van der Waals surface area contributed by atoms with E-state index in [2.05, 4.69) is 0 Å². The molecule has 0 saturated carbocycles. The predicted molar refractivity (Wildman–Crippen MR) is 85.7 cm³/mol. The number of nitrogens with zero attached hydrogens (tertiary/aromatic N) is 1. The minimum atomic E-state index is 0.0756. The molecule has 0 aromatic heterocycles. The third-order valence-electron chi connectivity index (χ3n) is 3.41. The Morgan fingerprint density at radius 1 is 1.19 bits per heavy atom. The van der Waals surface area contributed by atoms with Gasteiger partial charge in [0.05, 0.1) is 11.4 Å². The molecule has 2 aromatic rings. The standard InChI is InChI=1S/C17H18ClNO2/c1-11-8-16(20)15(18)10-14(11)13-6-4-12(5-7-13)9-17(21)19(2)3/h4-8,10,20H,9H2,1-3H3. The predicted octanol–water partition coefficient (Wildman–Crippen LogP) is 3.65. The van der Waals surface area contributed by atoms with Gasteiger partial charge in [-0.15, -0.1) is 0 Å². The molecule has 0 unspecified atom stereocenters. The number of benzene rings is 2. The summed E-state index contributed by atoms with van der Waals surface area (Å²) in [6.45, 7) is 1.93. The molecule has 0 bridgehead atoms. The maximum absolute atomic E-state index is 11.7. The molecule has 0 saturated heterocycles. The lowest BCUT2D eigenvalue weighted by Crippen LogP contribution is -2.23. The highest BCUT2D eigenvalue weighted by molar-refractivity contribution is 6.32. The van der Waals surface area contributed by atoms with Crippen molar-refractivity contribution >= 4 is 17.5 Å². The van der Waals surface area contributed by atoms with Crippen LogP contribution in [0.25, 0.3) is 11.1 Å². The lowest BCUT2D eigenvalue weighted by molar-refractivity contribution is -0.127. The summed E-state index contributed by atoms with van der Waals surface area (Å²) < 4.78 is 0. The van der Waals surface area contributed by atoms with Crippen molar-refractivity contribution in [3.63, 3.8) is 0 Å². The van der Waals surface area contributed by atoms with E-state index < -0.39 is 0 Å². The van der Waals surface area contributed by atoms with E-state index in [0.717, 1.165) is 22.3 Å². The Kier molecular flexibility index (Phi) is 4.53. The average Bonchev–Trinajstić information content (AvgIpc) is 2.44. The maximum atomic E-state index is 11.7. The molecule has 0 fully saturated rings. The smallest absolute Gasteiger partial charge is 0.226 e. The number of halogens is 1. The monoisotopic (exact) mass is 303 g/mol. The number of likely N-dealkylation sites (N-methyl/N-ethyl adjacent to an activating group) is 1. The van der Waals surface area contributed by atoms with Gasteiger partial charge in [0.2, 0.25) is 5.91 Å². The highest BCUT2D eigenvalue weighted by Gasteiger charge is 2.09. The molecule has 21 heavy (non-hydrogen) atoms. The molecule has 1 amide bonds. The van der Waals surface area contributed by atoms with Gasteiger partial charge in [-0.25, -0.2) is 0 Å². The first-order valence-corrected chi connectivity index (χ1v) is 7.05. The van der Waals surface area contributed by atoms with Gasteiger partial charge in [0.25, 0.3) is 0 Å². The first kappa shape index (κ1) is 15.4. The van der Waals surface area contributed by atoms with Crippen LogP contribution < -0.4 is 0 Å². The third-order valence-corrected chi connectivity index (χ3v) is 3.72. The van der Waals surface area contributed by atoms with Gasteiger partial charge in [-0.3, -0.25) is 4.79 Å². The molecule has 0 heterocycles. The Morgan fingerprint density at radius 2 is 1.81 bits per heavy atom. The van der Waals surface area contributed by atoms with Gasteiger partial charge in [0, 0.05) is 14.1 Å². The topological polar surface area (TPSA) is 40.5 Å². The lowest BCUT2D eigenvalue weighted by atomic mass is 9.98. The average molecular weight is 304 g/mol. The van der Waals surface area contributed by atoms with Gasteiger partial charge < -0.3 is 10.0 Å². The van der Waals surface area contributed by atoms with Gasteiger partial charge in [0.1, 0.15) is 5.75 Å². The zero-order chi connectivity index (χ0) is 15.6. The van der Waals surface area contributed by atoms with E-state index in [1.807, 2.05) is 31.2 Å². The number of amides is 1. The Morgan fingerprint density at radius 3 is 2.38 bits per heavy atom. The largest absolute Gasteiger partial charge is 0.506 e. The summed E-state index contributed by atoms with van der Waals surface area (Å²) in [7, 11) is 3.50. The molecule has 0 aliphatic rings. The van der Waals surface area contributed by atoms with E-state index >= 15 is 0 Å². The van der Waals surface area contributed by atoms with Crippen LogP contribution in [0.5, 0.6) is 5.75 Å². The van der Waals surface area contributed by atoms with Gasteiger partial charge in [-0.1, -0.05) is 35.9 Å². The maximum Gasteiger partial charge on any atom is 0.226 e. The summed E-state index contributed by atoms with van der Waals surface area (Å²) in [5.74, 6) is 0.165. The Balaban J connectivity index is 2.27. The van der Waals surface area contributed by atoms with Crippen molar-refractivity contribution in [2.45, 2.75) is 13.3 Å². The fourth-order valence-electron chi connectivity index (χ4n) is 2.11. The van der Waals surface area contributed by atoms with Crippen molar-refractivity contribution in [2.75, 3.05) is 14.1 Å². The Labute approximate surface area is 129 Å². The SMILES string of the molecule is Cc1cc(O)c(Cl)cc1-c1ccc(CC(=O)N(C)C)cc1. The second-order valence-electron chi connectivity index (χ2n) is 5.28. The summed E-state index contributed by atoms with van der Waals surface area (Å²) in [6.07, 6.45) is 0.391. The van der Waals surface area contributed by atoms with Crippen LogP contribution in [0.4, 0.5) is 0 Å². The van der Waals surface area contributed by atoms with Crippen LogP contribution in [0.1, 0.15) is 11.1 Å². The van der Waals surface area contributed by atoms with Crippen molar-refractivity contribution in [3.8, 4) is 16.9 Å². The second kappa shape index (κ2) is 6.19. The van der Waals surface area contributed by atoms with Crippen LogP contribution >= 0.6 is 11.6 Å². The van der Waals surface area contributed by atoms with Crippen LogP contribution in [0.3, 0.4) is 0 Å². The number of hydrogen-bond acceptors (Lipinski definition) is 2. The number of carbonyl (C=O) groups is 1. The summed E-state index contributed by atoms with van der Waals surface area (Å²) in [4.78, 5) is 13.3. The van der Waals surface area contributed by atoms with E-state index in [1.54, 1.807) is 31.1 Å². The summed E-state index contributed by atoms with van der Waals surface area (Å²) >= 11 is 5.97. The molecule has 2 aromatic carbocycles. The third kappa shape index (κ3) is 3.56. The summed E-state index contributed by atoms with van der Waals surface area (Å²) in [5, 5.41) is 9.93. The first-order valence-electron chi connectivity index (χ1n) is 6.67. The number of phenolic OH excluding ortho intramolecular Hbond substituents is 1. The highest BCUT2D eigenvalue weighted by Crippen LogP contribution is 2.32. The van der Waals surface area contributed by atoms with Gasteiger partial charge >= 0.3 is 0 Å². The Hall–Kier alpha value is -2.00. The van der Waals surface area contributed by atoms with Crippen LogP contribution in [-0.4, -0.2) is 30.0 Å². The van der Waals surface area contributed by atoms with E-state index in [9.17, 15) is 9.90 Å². The fourth-order valence-corrected chi connectivity index (χ4v) is 2.28. The van der Waals surface area contributed by atoms with Crippen LogP contribution in [0.2, 0.25) is 5.02 Å². The molecule has 0 spiro atoms. The molecule has 0 atom stereocenters. The molecule has 0 aliphatic carbocycles. The molecule has 4 heteroatoms. The van der Waals surface area contributed by atoms with Crippen molar-refractivity contribution in [1.29, 1.82) is 0 Å². The zero-order valence-electron chi connectivity index (χ0n) is 12.4. The van der Waals surface area contributed by atoms with Gasteiger partial charge in [-0.05, 0) is 41.3 Å². The number of hydrogen-bond donors (Lipinski definition) is 1. The molecule has 0 aliphatic heterocycles. The first-order chi connectivity index (χ1) is 9.88. The quantitative estimate of drug-likeness (QED) is 0.940. The number of phenols is 1. The normalized spacial score (nSPS) is 10.5. The number of aryl methyl sites for hydroxylation is 1. The molecular weight excluding hydrogens is 286 g/mol. The van der Waals surface area contributed by atoms with Crippen molar-refractivity contribution < 1.29 is 9.90 Å². The van der Waals surface area contributed by atoms with E-state index in [-0.39, 0.29) is 11.7 Å². The molecule has 3 nitrogen and oxygen atoms in total. The molecule has 1 N–H and O–H groups in total. The number of carbonyl (C=O) groups excluding carboxylic acids is 1. The molecular formula is C17H18ClNO2. The summed E-state index contributed by atoms with van der Waals surface area (Å²) in [6, 6.07) is 11.2. The van der Waals surface area contributed by atoms with Crippen LogP contribution in [0, 0.1) is 6.92 Å². The van der Waals surface area contributed by atoms with E-state index in [4.69, 9.17) is 11.6 Å². The van der Waals surface area contributed by atoms with Gasteiger partial charge in [-0.2, -0.15) is 0 Å². The molecule has 110 valence electrons. The van der Waals surface area contributed by atoms with Crippen molar-refractivity contribution in [1.82, 2.24) is 4.90 Å². The van der Waals surface area contributed by atoms with Crippen LogP contribution in [-0.2, 0) is 11.2 Å². The second-order valence-corrected chi connectivity index (χ2v) is 5.69. The van der Waals surface area contributed by atoms with Crippen molar-refractivity contribution in [2.24, 2.45) is 0 Å². The zero-order valence-corrected chi connectivity index (χ0v) is 13.1. The molecule has 2 rings (SSSR count). The van der Waals surface area contributed by atoms with Crippen molar-refractivity contribution in [3.05, 3.63) is 52.5 Å². The number of rotatable bonds is 3. The van der Waals surface area contributed by atoms with E-state index in [0.29, 0.717) is 11.4 Å². The summed E-state index contributed by atoms with van der Waals surface area (Å²) in [5.41, 5.74) is 3.91. The minimum Gasteiger partial charge on any atom is -0.506 e. The molecule has 0 radical (unpaired) electrons. The van der Waals surface area contributed by atoms with Crippen LogP contribution in [0.15, 0.2) is 36.4 Å². The lowest BCUT2D eigenvalue weighted by Gasteiger charge is -2.11.